The van der Waals surface area contributed by atoms with E-state index in [2.05, 4.69) is 0 Å². The van der Waals surface area contributed by atoms with Crippen molar-refractivity contribution in [1.29, 1.82) is 0 Å². The van der Waals surface area contributed by atoms with Gasteiger partial charge in [0, 0.05) is 11.6 Å². The van der Waals surface area contributed by atoms with Gasteiger partial charge in [0.1, 0.15) is 0 Å². The molecule has 0 aromatic heterocycles. The van der Waals surface area contributed by atoms with Crippen LogP contribution in [0.2, 0.25) is 0 Å². The number of carbonyl (C=O) groups is 1. The molecule has 1 heterocycles. The Morgan fingerprint density at radius 2 is 1.95 bits per heavy atom. The Morgan fingerprint density at radius 1 is 1.18 bits per heavy atom. The largest absolute Gasteiger partial charge is 0.478 e. The minimum Gasteiger partial charge on any atom is -0.478 e. The third-order valence-corrected chi connectivity index (χ3v) is 3.12. The summed E-state index contributed by atoms with van der Waals surface area (Å²) in [6.45, 7) is -0.176. The van der Waals surface area contributed by atoms with Crippen LogP contribution in [0.15, 0.2) is 42.5 Å². The van der Waals surface area contributed by atoms with Crippen molar-refractivity contribution in [3.8, 4) is 17.2 Å². The molecule has 0 radical (unpaired) electrons. The number of hydrogen-bond donors (Lipinski definition) is 0. The highest BCUT2D eigenvalue weighted by molar-refractivity contribution is 5.97. The van der Waals surface area contributed by atoms with Gasteiger partial charge in [-0.1, -0.05) is 12.1 Å². The Morgan fingerprint density at radius 3 is 2.77 bits per heavy atom. The molecular weight excluding hydrogens is 290 g/mol. The van der Waals surface area contributed by atoms with Gasteiger partial charge in [-0.15, -0.1) is 0 Å². The predicted octanol–water partition coefficient (Wildman–Crippen LogP) is 2.59. The minimum absolute atomic E-state index is 0.0570. The lowest BCUT2D eigenvalue weighted by Gasteiger charge is -2.06. The van der Waals surface area contributed by atoms with E-state index in [1.807, 2.05) is 0 Å². The zero-order chi connectivity index (χ0) is 15.5. The molecule has 0 N–H and O–H groups in total. The van der Waals surface area contributed by atoms with Crippen molar-refractivity contribution in [2.24, 2.45) is 0 Å². The molecule has 0 bridgehead atoms. The van der Waals surface area contributed by atoms with Gasteiger partial charge in [-0.3, -0.25) is 14.9 Å². The Labute approximate surface area is 125 Å². The van der Waals surface area contributed by atoms with Gasteiger partial charge in [0.25, 0.3) is 0 Å². The lowest BCUT2D eigenvalue weighted by molar-refractivity contribution is -0.385. The summed E-state index contributed by atoms with van der Waals surface area (Å²) in [6.07, 6.45) is 0. The number of fused-ring (bicyclic) bond motifs is 1. The molecule has 0 aliphatic carbocycles. The second kappa shape index (κ2) is 5.72. The minimum atomic E-state index is -0.555. The number of hydrogen-bond acceptors (Lipinski definition) is 6. The van der Waals surface area contributed by atoms with Crippen LogP contribution in [0.3, 0.4) is 0 Å². The van der Waals surface area contributed by atoms with Gasteiger partial charge in [0.15, 0.2) is 29.6 Å². The van der Waals surface area contributed by atoms with Crippen molar-refractivity contribution in [2.75, 3.05) is 13.4 Å². The number of carbonyl (C=O) groups excluding carboxylic acids is 1. The molecule has 0 atom stereocenters. The fraction of sp³-hybridized carbons (Fsp3) is 0.133. The van der Waals surface area contributed by atoms with E-state index in [1.54, 1.807) is 24.3 Å². The summed E-state index contributed by atoms with van der Waals surface area (Å²) in [6, 6.07) is 10.7. The molecular formula is C15H11NO6. The van der Waals surface area contributed by atoms with Crippen LogP contribution in [0.25, 0.3) is 0 Å². The normalized spacial score (nSPS) is 12.0. The molecule has 2 aromatic carbocycles. The highest BCUT2D eigenvalue weighted by Crippen LogP contribution is 2.32. The van der Waals surface area contributed by atoms with Gasteiger partial charge in [-0.25, -0.2) is 0 Å². The molecule has 1 aliphatic rings. The fourth-order valence-electron chi connectivity index (χ4n) is 2.03. The quantitative estimate of drug-likeness (QED) is 0.479. The van der Waals surface area contributed by atoms with Crippen molar-refractivity contribution < 1.29 is 23.9 Å². The Bertz CT molecular complexity index is 743. The van der Waals surface area contributed by atoms with E-state index in [1.165, 1.54) is 18.2 Å². The van der Waals surface area contributed by atoms with Gasteiger partial charge >= 0.3 is 5.69 Å². The van der Waals surface area contributed by atoms with Gasteiger partial charge in [0.2, 0.25) is 6.79 Å². The number of nitro benzene ring substituents is 1. The Balaban J connectivity index is 1.72. The molecule has 7 heteroatoms. The molecule has 0 saturated carbocycles. The first kappa shape index (κ1) is 13.9. The van der Waals surface area contributed by atoms with Crippen LogP contribution in [0.1, 0.15) is 10.4 Å². The molecule has 1 aliphatic heterocycles. The maximum absolute atomic E-state index is 12.1. The Hall–Kier alpha value is -3.09. The fourth-order valence-corrected chi connectivity index (χ4v) is 2.03. The second-order valence-corrected chi connectivity index (χ2v) is 4.50. The van der Waals surface area contributed by atoms with E-state index in [9.17, 15) is 14.9 Å². The SMILES string of the molecule is O=C(COc1ccccc1[N+](=O)[O-])c1ccc2c(c1)OCO2. The number of ether oxygens (including phenoxy) is 3. The van der Waals surface area contributed by atoms with Gasteiger partial charge in [-0.2, -0.15) is 0 Å². The average molecular weight is 301 g/mol. The van der Waals surface area contributed by atoms with E-state index in [-0.39, 0.29) is 30.6 Å². The van der Waals surface area contributed by atoms with Gasteiger partial charge < -0.3 is 14.2 Å². The molecule has 0 saturated heterocycles. The zero-order valence-electron chi connectivity index (χ0n) is 11.4. The van der Waals surface area contributed by atoms with E-state index < -0.39 is 4.92 Å². The van der Waals surface area contributed by atoms with Crippen LogP contribution in [0.4, 0.5) is 5.69 Å². The maximum atomic E-state index is 12.1. The average Bonchev–Trinajstić information content (AvgIpc) is 3.00. The summed E-state index contributed by atoms with van der Waals surface area (Å²) in [5.41, 5.74) is 0.212. The molecule has 112 valence electrons. The zero-order valence-corrected chi connectivity index (χ0v) is 11.4. The van der Waals surface area contributed by atoms with E-state index in [0.717, 1.165) is 0 Å². The first-order valence-electron chi connectivity index (χ1n) is 6.44. The number of ketones is 1. The van der Waals surface area contributed by atoms with E-state index in [0.29, 0.717) is 17.1 Å². The number of rotatable bonds is 5. The summed E-state index contributed by atoms with van der Waals surface area (Å²) in [4.78, 5) is 22.4. The van der Waals surface area contributed by atoms with Crippen LogP contribution < -0.4 is 14.2 Å². The van der Waals surface area contributed by atoms with E-state index in [4.69, 9.17) is 14.2 Å². The topological polar surface area (TPSA) is 87.9 Å². The number of benzene rings is 2. The van der Waals surface area contributed by atoms with Crippen molar-refractivity contribution >= 4 is 11.5 Å². The first-order valence-corrected chi connectivity index (χ1v) is 6.44. The van der Waals surface area contributed by atoms with E-state index >= 15 is 0 Å². The van der Waals surface area contributed by atoms with Gasteiger partial charge in [-0.05, 0) is 24.3 Å². The maximum Gasteiger partial charge on any atom is 0.310 e. The summed E-state index contributed by atoms with van der Waals surface area (Å²) in [5.74, 6) is 0.825. The first-order chi connectivity index (χ1) is 10.6. The second-order valence-electron chi connectivity index (χ2n) is 4.50. The third-order valence-electron chi connectivity index (χ3n) is 3.12. The highest BCUT2D eigenvalue weighted by atomic mass is 16.7. The molecule has 0 amide bonds. The van der Waals surface area contributed by atoms with Crippen molar-refractivity contribution in [3.05, 3.63) is 58.1 Å². The number of nitro groups is 1. The van der Waals surface area contributed by atoms with Crippen LogP contribution in [0, 0.1) is 10.1 Å². The summed E-state index contributed by atoms with van der Waals surface area (Å²) < 4.78 is 15.6. The molecule has 2 aromatic rings. The smallest absolute Gasteiger partial charge is 0.310 e. The van der Waals surface area contributed by atoms with Crippen LogP contribution in [0.5, 0.6) is 17.2 Å². The molecule has 3 rings (SSSR count). The number of Topliss-reactive ketones (excluding diaryl/α,β-unsaturated/α-hetero) is 1. The number of nitrogens with zero attached hydrogens (tertiary/aromatic N) is 1. The highest BCUT2D eigenvalue weighted by Gasteiger charge is 2.18. The van der Waals surface area contributed by atoms with Crippen molar-refractivity contribution in [2.45, 2.75) is 0 Å². The van der Waals surface area contributed by atoms with Crippen LogP contribution in [-0.2, 0) is 0 Å². The van der Waals surface area contributed by atoms with Gasteiger partial charge in [0.05, 0.1) is 4.92 Å². The molecule has 22 heavy (non-hydrogen) atoms. The molecule has 0 fully saturated rings. The molecule has 0 spiro atoms. The monoisotopic (exact) mass is 301 g/mol. The third kappa shape index (κ3) is 2.69. The lowest BCUT2D eigenvalue weighted by atomic mass is 10.1. The Kier molecular flexibility index (Phi) is 3.61. The summed E-state index contributed by atoms with van der Waals surface area (Å²) in [7, 11) is 0. The lowest BCUT2D eigenvalue weighted by Crippen LogP contribution is -2.12. The van der Waals surface area contributed by atoms with Crippen LogP contribution in [-0.4, -0.2) is 24.1 Å². The summed E-state index contributed by atoms with van der Waals surface area (Å²) in [5, 5.41) is 10.9. The summed E-state index contributed by atoms with van der Waals surface area (Å²) >= 11 is 0. The van der Waals surface area contributed by atoms with Crippen LogP contribution >= 0.6 is 0 Å². The van der Waals surface area contributed by atoms with Crippen molar-refractivity contribution in [3.63, 3.8) is 0 Å². The number of para-hydroxylation sites is 2. The predicted molar refractivity (Wildman–Crippen MR) is 75.5 cm³/mol. The standard InChI is InChI=1S/C15H11NO6/c17-12(10-5-6-14-15(7-10)22-9-21-14)8-20-13-4-2-1-3-11(13)16(18)19/h1-7H,8-9H2. The van der Waals surface area contributed by atoms with Crippen molar-refractivity contribution in [1.82, 2.24) is 0 Å². The molecule has 7 nitrogen and oxygen atoms in total. The molecule has 0 unspecified atom stereocenters.